The number of hydrogen-bond acceptors (Lipinski definition) is 5. The number of aliphatic hydroxyl groups is 1. The maximum absolute atomic E-state index is 11.0. The molecule has 0 amide bonds. The summed E-state index contributed by atoms with van der Waals surface area (Å²) >= 11 is 0. The third kappa shape index (κ3) is 4.47. The van der Waals surface area contributed by atoms with Gasteiger partial charge in [-0.3, -0.25) is 4.79 Å². The molecule has 0 bridgehead atoms. The molecular formula is C11H21NO4. The van der Waals surface area contributed by atoms with E-state index in [1.165, 1.54) is 7.11 Å². The van der Waals surface area contributed by atoms with Gasteiger partial charge in [0.1, 0.15) is 0 Å². The number of nitrogens with zero attached hydrogens (tertiary/aromatic N) is 1. The fourth-order valence-electron chi connectivity index (χ4n) is 1.95. The molecule has 0 aromatic rings. The van der Waals surface area contributed by atoms with Crippen LogP contribution in [0.2, 0.25) is 0 Å². The summed E-state index contributed by atoms with van der Waals surface area (Å²) in [5.41, 5.74) is 0. The average Bonchev–Trinajstić information content (AvgIpc) is 2.29. The van der Waals surface area contributed by atoms with Crippen molar-refractivity contribution < 1.29 is 19.4 Å². The number of aliphatic hydroxyl groups excluding tert-OH is 1. The van der Waals surface area contributed by atoms with Crippen LogP contribution in [0.1, 0.15) is 19.3 Å². The molecule has 0 aliphatic carbocycles. The molecule has 1 aliphatic rings. The minimum atomic E-state index is -0.653. The summed E-state index contributed by atoms with van der Waals surface area (Å²) in [5.74, 6) is -0.368. The van der Waals surface area contributed by atoms with E-state index in [1.54, 1.807) is 0 Å². The lowest BCUT2D eigenvalue weighted by Crippen LogP contribution is -2.41. The van der Waals surface area contributed by atoms with Crippen LogP contribution in [0.4, 0.5) is 0 Å². The predicted molar refractivity (Wildman–Crippen MR) is 59.1 cm³/mol. The van der Waals surface area contributed by atoms with Gasteiger partial charge in [-0.15, -0.1) is 0 Å². The molecule has 16 heavy (non-hydrogen) atoms. The zero-order valence-electron chi connectivity index (χ0n) is 10.0. The van der Waals surface area contributed by atoms with Crippen molar-refractivity contribution in [3.05, 3.63) is 0 Å². The van der Waals surface area contributed by atoms with E-state index >= 15 is 0 Å². The molecule has 0 aromatic carbocycles. The Bertz CT molecular complexity index is 216. The normalized spacial score (nSPS) is 19.8. The molecule has 1 unspecified atom stereocenters. The van der Waals surface area contributed by atoms with E-state index in [1.807, 2.05) is 7.05 Å². The van der Waals surface area contributed by atoms with Crippen LogP contribution in [0.15, 0.2) is 0 Å². The largest absolute Gasteiger partial charge is 0.469 e. The minimum absolute atomic E-state index is 0.0596. The number of carbonyl (C=O) groups is 1. The third-order valence-corrected chi connectivity index (χ3v) is 2.94. The number of carbonyl (C=O) groups excluding carboxylic acids is 1. The van der Waals surface area contributed by atoms with Gasteiger partial charge in [0.2, 0.25) is 0 Å². The maximum Gasteiger partial charge on any atom is 0.308 e. The summed E-state index contributed by atoms with van der Waals surface area (Å²) in [6.07, 6.45) is 1.38. The van der Waals surface area contributed by atoms with Gasteiger partial charge in [0, 0.05) is 25.8 Å². The van der Waals surface area contributed by atoms with Gasteiger partial charge in [-0.05, 0) is 19.9 Å². The Morgan fingerprint density at radius 1 is 1.56 bits per heavy atom. The molecule has 5 nitrogen and oxygen atoms in total. The molecule has 1 N–H and O–H groups in total. The van der Waals surface area contributed by atoms with Crippen LogP contribution in [0, 0.1) is 0 Å². The predicted octanol–water partition coefficient (Wildman–Crippen LogP) is 0.0212. The smallest absolute Gasteiger partial charge is 0.308 e. The fraction of sp³-hybridized carbons (Fsp3) is 0.909. The zero-order valence-corrected chi connectivity index (χ0v) is 10.0. The highest BCUT2D eigenvalue weighted by molar-refractivity contribution is 5.69. The molecule has 0 aromatic heterocycles. The monoisotopic (exact) mass is 231 g/mol. The number of rotatable bonds is 5. The number of hydrogen-bond donors (Lipinski definition) is 1. The van der Waals surface area contributed by atoms with Gasteiger partial charge >= 0.3 is 5.97 Å². The topological polar surface area (TPSA) is 59.0 Å². The van der Waals surface area contributed by atoms with E-state index < -0.39 is 6.10 Å². The van der Waals surface area contributed by atoms with Crippen molar-refractivity contribution in [1.82, 2.24) is 4.90 Å². The lowest BCUT2D eigenvalue weighted by atomic mass is 10.1. The Labute approximate surface area is 96.3 Å². The quantitative estimate of drug-likeness (QED) is 0.676. The second-order valence-electron chi connectivity index (χ2n) is 4.22. The zero-order chi connectivity index (χ0) is 12.0. The Morgan fingerprint density at radius 2 is 2.19 bits per heavy atom. The standard InChI is InChI=1S/C11H21NO4/c1-12(9-3-5-16-6-4-9)8-10(13)7-11(14)15-2/h9-10,13H,3-8H2,1-2H3. The van der Waals surface area contributed by atoms with Crippen molar-refractivity contribution in [2.24, 2.45) is 0 Å². The third-order valence-electron chi connectivity index (χ3n) is 2.94. The second-order valence-corrected chi connectivity index (χ2v) is 4.22. The lowest BCUT2D eigenvalue weighted by Gasteiger charge is -2.32. The SMILES string of the molecule is COC(=O)CC(O)CN(C)C1CCOCC1. The molecule has 94 valence electrons. The van der Waals surface area contributed by atoms with E-state index in [4.69, 9.17) is 4.74 Å². The van der Waals surface area contributed by atoms with Crippen molar-refractivity contribution in [3.8, 4) is 0 Å². The van der Waals surface area contributed by atoms with Crippen molar-refractivity contribution >= 4 is 5.97 Å². The Kier molecular flexibility index (Phi) is 5.73. The summed E-state index contributed by atoms with van der Waals surface area (Å²) in [7, 11) is 3.30. The van der Waals surface area contributed by atoms with E-state index in [9.17, 15) is 9.90 Å². The summed E-state index contributed by atoms with van der Waals surface area (Å²) in [4.78, 5) is 13.1. The van der Waals surface area contributed by atoms with Gasteiger partial charge in [0.25, 0.3) is 0 Å². The van der Waals surface area contributed by atoms with Gasteiger partial charge < -0.3 is 19.5 Å². The summed E-state index contributed by atoms with van der Waals surface area (Å²) in [5, 5.41) is 9.68. The molecule has 1 aliphatic heterocycles. The van der Waals surface area contributed by atoms with Crippen molar-refractivity contribution in [3.63, 3.8) is 0 Å². The average molecular weight is 231 g/mol. The molecule has 5 heteroatoms. The second kappa shape index (κ2) is 6.83. The molecule has 0 spiro atoms. The number of ether oxygens (including phenoxy) is 2. The van der Waals surface area contributed by atoms with Gasteiger partial charge in [0.15, 0.2) is 0 Å². The Morgan fingerprint density at radius 3 is 2.75 bits per heavy atom. The first kappa shape index (κ1) is 13.4. The number of likely N-dealkylation sites (N-methyl/N-ethyl adjacent to an activating group) is 1. The van der Waals surface area contributed by atoms with Crippen LogP contribution in [-0.4, -0.2) is 62.0 Å². The molecule has 1 rings (SSSR count). The van der Waals surface area contributed by atoms with Gasteiger partial charge in [0.05, 0.1) is 19.6 Å². The number of methoxy groups -OCH3 is 1. The first-order chi connectivity index (χ1) is 7.63. The van der Waals surface area contributed by atoms with Gasteiger partial charge in [-0.1, -0.05) is 0 Å². The Hall–Kier alpha value is -0.650. The van der Waals surface area contributed by atoms with Crippen LogP contribution in [0.3, 0.4) is 0 Å². The fourth-order valence-corrected chi connectivity index (χ4v) is 1.95. The molecule has 0 saturated carbocycles. The van der Waals surface area contributed by atoms with E-state index in [0.29, 0.717) is 12.6 Å². The van der Waals surface area contributed by atoms with E-state index in [-0.39, 0.29) is 12.4 Å². The summed E-state index contributed by atoms with van der Waals surface area (Å²) in [6, 6.07) is 0.445. The Balaban J connectivity index is 2.26. The molecule has 0 radical (unpaired) electrons. The molecule has 1 saturated heterocycles. The summed E-state index contributed by atoms with van der Waals surface area (Å²) in [6.45, 7) is 2.06. The summed E-state index contributed by atoms with van der Waals surface area (Å²) < 4.78 is 9.78. The van der Waals surface area contributed by atoms with Crippen LogP contribution >= 0.6 is 0 Å². The van der Waals surface area contributed by atoms with Crippen LogP contribution < -0.4 is 0 Å². The van der Waals surface area contributed by atoms with Crippen molar-refractivity contribution in [2.75, 3.05) is 33.9 Å². The van der Waals surface area contributed by atoms with Gasteiger partial charge in [-0.25, -0.2) is 0 Å². The first-order valence-corrected chi connectivity index (χ1v) is 5.66. The highest BCUT2D eigenvalue weighted by Crippen LogP contribution is 2.13. The number of esters is 1. The molecular weight excluding hydrogens is 210 g/mol. The van der Waals surface area contributed by atoms with Crippen LogP contribution in [0.25, 0.3) is 0 Å². The first-order valence-electron chi connectivity index (χ1n) is 5.66. The molecule has 1 heterocycles. The van der Waals surface area contributed by atoms with E-state index in [2.05, 4.69) is 9.64 Å². The highest BCUT2D eigenvalue weighted by Gasteiger charge is 2.21. The van der Waals surface area contributed by atoms with E-state index in [0.717, 1.165) is 26.1 Å². The maximum atomic E-state index is 11.0. The minimum Gasteiger partial charge on any atom is -0.469 e. The van der Waals surface area contributed by atoms with Gasteiger partial charge in [-0.2, -0.15) is 0 Å². The van der Waals surface area contributed by atoms with Crippen LogP contribution in [0.5, 0.6) is 0 Å². The van der Waals surface area contributed by atoms with Crippen LogP contribution in [-0.2, 0) is 14.3 Å². The lowest BCUT2D eigenvalue weighted by molar-refractivity contribution is -0.143. The van der Waals surface area contributed by atoms with Crippen molar-refractivity contribution in [2.45, 2.75) is 31.4 Å². The highest BCUT2D eigenvalue weighted by atomic mass is 16.5. The van der Waals surface area contributed by atoms with Crippen molar-refractivity contribution in [1.29, 1.82) is 0 Å². The molecule has 1 atom stereocenters. The molecule has 1 fully saturated rings.